The highest BCUT2D eigenvalue weighted by atomic mass is 35.5. The smallest absolute Gasteiger partial charge is 0.283 e. The first-order valence-corrected chi connectivity index (χ1v) is 13.1. The van der Waals surface area contributed by atoms with Gasteiger partial charge in [0.05, 0.1) is 5.69 Å². The number of anilines is 3. The maximum atomic E-state index is 13.2. The van der Waals surface area contributed by atoms with Crippen molar-refractivity contribution < 1.29 is 19.1 Å². The molecule has 1 aliphatic heterocycles. The molecule has 2 N–H and O–H groups in total. The molecular formula is C31H23Cl2N3O4. The summed E-state index contributed by atoms with van der Waals surface area (Å²) in [5.41, 5.74) is 3.23. The maximum Gasteiger partial charge on any atom is 0.283 e. The second kappa shape index (κ2) is 11.7. The summed E-state index contributed by atoms with van der Waals surface area (Å²) in [5.74, 6) is -0.961. The Bertz CT molecular complexity index is 1640. The Morgan fingerprint density at radius 3 is 2.30 bits per heavy atom. The Balaban J connectivity index is 1.25. The van der Waals surface area contributed by atoms with E-state index >= 15 is 0 Å². The number of nitrogens with zero attached hydrogens (tertiary/aromatic N) is 1. The van der Waals surface area contributed by atoms with Crippen molar-refractivity contribution >= 4 is 58.0 Å². The second-order valence-corrected chi connectivity index (χ2v) is 9.76. The van der Waals surface area contributed by atoms with Crippen molar-refractivity contribution in [3.05, 3.63) is 130 Å². The highest BCUT2D eigenvalue weighted by Crippen LogP contribution is 2.34. The molecule has 0 fully saturated rings. The van der Waals surface area contributed by atoms with Crippen LogP contribution in [-0.4, -0.2) is 17.7 Å². The van der Waals surface area contributed by atoms with Crippen LogP contribution in [-0.2, 0) is 16.2 Å². The van der Waals surface area contributed by atoms with Crippen LogP contribution in [0.3, 0.4) is 0 Å². The minimum atomic E-state index is -0.662. The van der Waals surface area contributed by atoms with Gasteiger partial charge < -0.3 is 15.4 Å². The van der Waals surface area contributed by atoms with Crippen LogP contribution >= 0.6 is 23.2 Å². The van der Waals surface area contributed by atoms with Crippen molar-refractivity contribution in [2.45, 2.75) is 13.5 Å². The number of nitrogens with one attached hydrogen (secondary N) is 2. The third-order valence-corrected chi connectivity index (χ3v) is 7.02. The lowest BCUT2D eigenvalue weighted by Gasteiger charge is -2.18. The summed E-state index contributed by atoms with van der Waals surface area (Å²) in [6.45, 7) is 2.16. The molecule has 9 heteroatoms. The molecule has 0 atom stereocenters. The van der Waals surface area contributed by atoms with Gasteiger partial charge in [0.15, 0.2) is 0 Å². The van der Waals surface area contributed by atoms with E-state index in [1.807, 2.05) is 30.3 Å². The molecule has 4 aromatic rings. The molecule has 4 aromatic carbocycles. The molecule has 5 rings (SSSR count). The number of rotatable bonds is 8. The summed E-state index contributed by atoms with van der Waals surface area (Å²) in [6, 6.07) is 28.4. The Morgan fingerprint density at radius 2 is 1.55 bits per heavy atom. The molecule has 0 bridgehead atoms. The fourth-order valence-corrected chi connectivity index (χ4v) is 4.51. The van der Waals surface area contributed by atoms with Gasteiger partial charge in [-0.1, -0.05) is 65.7 Å². The number of ether oxygens (including phenoxy) is 1. The van der Waals surface area contributed by atoms with E-state index in [4.69, 9.17) is 27.9 Å². The lowest BCUT2D eigenvalue weighted by atomic mass is 10.1. The number of hydrogen-bond donors (Lipinski definition) is 2. The van der Waals surface area contributed by atoms with Crippen LogP contribution < -0.4 is 20.3 Å². The van der Waals surface area contributed by atoms with Gasteiger partial charge in [-0.2, -0.15) is 0 Å². The molecule has 0 saturated heterocycles. The Morgan fingerprint density at radius 1 is 0.825 bits per heavy atom. The molecular weight excluding hydrogens is 549 g/mol. The molecule has 0 spiro atoms. The quantitative estimate of drug-likeness (QED) is 0.224. The lowest BCUT2D eigenvalue weighted by molar-refractivity contribution is -0.120. The number of amides is 3. The fraction of sp³-hybridized carbons (Fsp3) is 0.0645. The van der Waals surface area contributed by atoms with Crippen molar-refractivity contribution in [1.29, 1.82) is 0 Å². The first-order valence-electron chi connectivity index (χ1n) is 12.3. The van der Waals surface area contributed by atoms with E-state index in [2.05, 4.69) is 10.6 Å². The van der Waals surface area contributed by atoms with Crippen LogP contribution in [0.1, 0.15) is 21.5 Å². The van der Waals surface area contributed by atoms with Crippen LogP contribution in [0.15, 0.2) is 108 Å². The van der Waals surface area contributed by atoms with Crippen molar-refractivity contribution in [1.82, 2.24) is 0 Å². The van der Waals surface area contributed by atoms with Gasteiger partial charge in [0, 0.05) is 22.0 Å². The molecule has 0 radical (unpaired) electrons. The number of hydrogen-bond acceptors (Lipinski definition) is 5. The number of benzene rings is 4. The highest BCUT2D eigenvalue weighted by molar-refractivity contribution is 6.53. The van der Waals surface area contributed by atoms with Gasteiger partial charge in [-0.15, -0.1) is 0 Å². The van der Waals surface area contributed by atoms with E-state index in [1.165, 1.54) is 0 Å². The molecule has 1 heterocycles. The van der Waals surface area contributed by atoms with E-state index in [1.54, 1.807) is 73.7 Å². The number of imide groups is 1. The molecule has 3 amide bonds. The van der Waals surface area contributed by atoms with Gasteiger partial charge in [-0.05, 0) is 72.6 Å². The van der Waals surface area contributed by atoms with Gasteiger partial charge in [-0.25, -0.2) is 4.90 Å². The van der Waals surface area contributed by atoms with Crippen LogP contribution in [0.25, 0.3) is 0 Å². The van der Waals surface area contributed by atoms with Crippen molar-refractivity contribution in [3.8, 4) is 5.75 Å². The average molecular weight is 572 g/mol. The van der Waals surface area contributed by atoms with E-state index in [-0.39, 0.29) is 16.6 Å². The van der Waals surface area contributed by atoms with Crippen molar-refractivity contribution in [2.75, 3.05) is 15.5 Å². The summed E-state index contributed by atoms with van der Waals surface area (Å²) < 4.78 is 5.79. The normalized spacial score (nSPS) is 13.0. The molecule has 0 aliphatic carbocycles. The molecule has 7 nitrogen and oxygen atoms in total. The first kappa shape index (κ1) is 27.0. The van der Waals surface area contributed by atoms with E-state index in [0.717, 1.165) is 10.5 Å². The fourth-order valence-electron chi connectivity index (χ4n) is 4.13. The van der Waals surface area contributed by atoms with Gasteiger partial charge in [0.25, 0.3) is 17.7 Å². The Labute approximate surface area is 241 Å². The van der Waals surface area contributed by atoms with E-state index in [9.17, 15) is 14.4 Å². The average Bonchev–Trinajstić information content (AvgIpc) is 3.17. The van der Waals surface area contributed by atoms with Gasteiger partial charge >= 0.3 is 0 Å². The molecule has 40 heavy (non-hydrogen) atoms. The standard InChI is InChI=1S/C31H23Cl2N3O4/c1-19-25(32)11-6-12-26(19)36-30(38)27(33)28(31(36)39)34-23-10-5-9-21(17-23)29(37)35-22-13-15-24(16-14-22)40-18-20-7-3-2-4-8-20/h2-17,34H,18H2,1H3,(H,35,37). The molecule has 0 unspecified atom stereocenters. The molecule has 0 saturated carbocycles. The molecule has 200 valence electrons. The third kappa shape index (κ3) is 5.71. The topological polar surface area (TPSA) is 87.7 Å². The number of halogens is 2. The summed E-state index contributed by atoms with van der Waals surface area (Å²) in [7, 11) is 0. The summed E-state index contributed by atoms with van der Waals surface area (Å²) in [4.78, 5) is 40.0. The minimum Gasteiger partial charge on any atom is -0.489 e. The van der Waals surface area contributed by atoms with Gasteiger partial charge in [0.1, 0.15) is 23.1 Å². The Kier molecular flexibility index (Phi) is 7.86. The van der Waals surface area contributed by atoms with Gasteiger partial charge in [-0.3, -0.25) is 14.4 Å². The summed E-state index contributed by atoms with van der Waals surface area (Å²) in [6.07, 6.45) is 0. The Hall–Kier alpha value is -4.59. The summed E-state index contributed by atoms with van der Waals surface area (Å²) >= 11 is 12.5. The predicted molar refractivity (Wildman–Crippen MR) is 157 cm³/mol. The number of carbonyl (C=O) groups is 3. The van der Waals surface area contributed by atoms with Crippen LogP contribution in [0.2, 0.25) is 5.02 Å². The van der Waals surface area contributed by atoms with Crippen molar-refractivity contribution in [2.24, 2.45) is 0 Å². The van der Waals surface area contributed by atoms with Crippen LogP contribution in [0.4, 0.5) is 17.1 Å². The summed E-state index contributed by atoms with van der Waals surface area (Å²) in [5, 5.41) is 5.91. The second-order valence-electron chi connectivity index (χ2n) is 8.98. The van der Waals surface area contributed by atoms with E-state index < -0.39 is 11.8 Å². The zero-order valence-electron chi connectivity index (χ0n) is 21.3. The van der Waals surface area contributed by atoms with Gasteiger partial charge in [0.2, 0.25) is 0 Å². The number of carbonyl (C=O) groups excluding carboxylic acids is 3. The lowest BCUT2D eigenvalue weighted by Crippen LogP contribution is -2.32. The SMILES string of the molecule is Cc1c(Cl)cccc1N1C(=O)C(Cl)=C(Nc2cccc(C(=O)Nc3ccc(OCc4ccccc4)cc3)c2)C1=O. The van der Waals surface area contributed by atoms with Crippen molar-refractivity contribution in [3.63, 3.8) is 0 Å². The monoisotopic (exact) mass is 571 g/mol. The molecule has 0 aromatic heterocycles. The highest BCUT2D eigenvalue weighted by Gasteiger charge is 2.39. The van der Waals surface area contributed by atoms with Crippen LogP contribution in [0, 0.1) is 6.92 Å². The molecule has 1 aliphatic rings. The zero-order chi connectivity index (χ0) is 28.2. The third-order valence-electron chi connectivity index (χ3n) is 6.26. The zero-order valence-corrected chi connectivity index (χ0v) is 22.8. The maximum absolute atomic E-state index is 13.2. The minimum absolute atomic E-state index is 0.0882. The predicted octanol–water partition coefficient (Wildman–Crippen LogP) is 6.92. The first-order chi connectivity index (χ1) is 19.3. The van der Waals surface area contributed by atoms with E-state index in [0.29, 0.717) is 45.6 Å². The largest absolute Gasteiger partial charge is 0.489 e. The van der Waals surface area contributed by atoms with Crippen LogP contribution in [0.5, 0.6) is 5.75 Å².